The normalized spacial score (nSPS) is 11.7. The Bertz CT molecular complexity index is 803. The Balaban J connectivity index is 2.28. The van der Waals surface area contributed by atoms with Crippen LogP contribution in [-0.4, -0.2) is 34.7 Å². The van der Waals surface area contributed by atoms with Crippen molar-refractivity contribution < 1.29 is 28.3 Å². The Hall–Kier alpha value is -3.09. The molecule has 0 saturated carbocycles. The van der Waals surface area contributed by atoms with E-state index in [1.165, 1.54) is 48.3 Å². The molecule has 0 aliphatic heterocycles. The van der Waals surface area contributed by atoms with Crippen molar-refractivity contribution in [2.45, 2.75) is 18.9 Å². The summed E-state index contributed by atoms with van der Waals surface area (Å²) in [6, 6.07) is 10.6. The summed E-state index contributed by atoms with van der Waals surface area (Å²) in [5.74, 6) is -4.40. The van der Waals surface area contributed by atoms with E-state index in [9.17, 15) is 23.2 Å². The van der Waals surface area contributed by atoms with Crippen LogP contribution in [0, 0.1) is 11.6 Å². The first-order valence-corrected chi connectivity index (χ1v) is 7.79. The van der Waals surface area contributed by atoms with Crippen molar-refractivity contribution in [1.29, 1.82) is 0 Å². The predicted octanol–water partition coefficient (Wildman–Crippen LogP) is 2.75. The number of benzene rings is 2. The highest BCUT2D eigenvalue weighted by Crippen LogP contribution is 2.25. The van der Waals surface area contributed by atoms with Gasteiger partial charge in [-0.05, 0) is 41.8 Å². The minimum atomic E-state index is -1.68. The van der Waals surface area contributed by atoms with E-state index in [0.29, 0.717) is 5.56 Å². The maximum Gasteiger partial charge on any atom is 0.372 e. The maximum absolute atomic E-state index is 13.2. The second-order valence-corrected chi connectivity index (χ2v) is 5.81. The van der Waals surface area contributed by atoms with Gasteiger partial charge < -0.3 is 10.0 Å². The highest BCUT2D eigenvalue weighted by molar-refractivity contribution is 6.36. The highest BCUT2D eigenvalue weighted by Gasteiger charge is 2.26. The summed E-state index contributed by atoms with van der Waals surface area (Å²) in [7, 11) is 1.44. The average Bonchev–Trinajstić information content (AvgIpc) is 2.61. The SMILES string of the molecule is CN(C(=O)CC(=O)C(=O)O)C(Cc1ccc(F)cc1)c1ccc(F)cc1. The molecule has 1 N–H and O–H groups in total. The molecule has 0 aliphatic carbocycles. The molecule has 0 spiro atoms. The number of amides is 1. The zero-order valence-corrected chi connectivity index (χ0v) is 14.0. The molecule has 5 nitrogen and oxygen atoms in total. The standard InChI is InChI=1S/C19H17F2NO4/c1-22(18(24)11-17(23)19(25)26)16(13-4-8-15(21)9-5-13)10-12-2-6-14(20)7-3-12/h2-9,16H,10-11H2,1H3,(H,25,26). The van der Waals surface area contributed by atoms with Crippen molar-refractivity contribution in [2.24, 2.45) is 0 Å². The van der Waals surface area contributed by atoms with Gasteiger partial charge in [0.2, 0.25) is 11.7 Å². The molecule has 2 rings (SSSR count). The lowest BCUT2D eigenvalue weighted by atomic mass is 9.97. The van der Waals surface area contributed by atoms with Crippen molar-refractivity contribution in [2.75, 3.05) is 7.05 Å². The number of carboxylic acid groups (broad SMARTS) is 1. The maximum atomic E-state index is 13.2. The van der Waals surface area contributed by atoms with Gasteiger partial charge in [0.1, 0.15) is 11.6 Å². The predicted molar refractivity (Wildman–Crippen MR) is 89.3 cm³/mol. The van der Waals surface area contributed by atoms with Crippen LogP contribution in [-0.2, 0) is 20.8 Å². The molecule has 7 heteroatoms. The number of carbonyl (C=O) groups excluding carboxylic acids is 2. The van der Waals surface area contributed by atoms with Gasteiger partial charge in [-0.3, -0.25) is 9.59 Å². The number of rotatable bonds is 7. The summed E-state index contributed by atoms with van der Waals surface area (Å²) >= 11 is 0. The number of likely N-dealkylation sites (N-methyl/N-ethyl adjacent to an activating group) is 1. The summed E-state index contributed by atoms with van der Waals surface area (Å²) in [6.07, 6.45) is -0.484. The molecule has 0 bridgehead atoms. The number of carbonyl (C=O) groups is 3. The Kier molecular flexibility index (Phi) is 6.16. The van der Waals surface area contributed by atoms with Gasteiger partial charge in [0.15, 0.2) is 0 Å². The number of nitrogens with zero attached hydrogens (tertiary/aromatic N) is 1. The van der Waals surface area contributed by atoms with Crippen LogP contribution in [0.5, 0.6) is 0 Å². The summed E-state index contributed by atoms with van der Waals surface area (Å²) in [4.78, 5) is 35.5. The van der Waals surface area contributed by atoms with Crippen LogP contribution in [0.2, 0.25) is 0 Å². The lowest BCUT2D eigenvalue weighted by Gasteiger charge is -2.29. The second-order valence-electron chi connectivity index (χ2n) is 5.81. The zero-order valence-electron chi connectivity index (χ0n) is 14.0. The van der Waals surface area contributed by atoms with E-state index >= 15 is 0 Å². The van der Waals surface area contributed by atoms with E-state index in [2.05, 4.69) is 0 Å². The van der Waals surface area contributed by atoms with Crippen LogP contribution >= 0.6 is 0 Å². The lowest BCUT2D eigenvalue weighted by molar-refractivity contribution is -0.151. The third-order valence-corrected chi connectivity index (χ3v) is 4.01. The van der Waals surface area contributed by atoms with Gasteiger partial charge in [0, 0.05) is 7.05 Å². The van der Waals surface area contributed by atoms with Crippen molar-refractivity contribution in [3.8, 4) is 0 Å². The van der Waals surface area contributed by atoms with E-state index in [4.69, 9.17) is 5.11 Å². The number of hydrogen-bond donors (Lipinski definition) is 1. The molecule has 0 aliphatic rings. The van der Waals surface area contributed by atoms with E-state index in [-0.39, 0.29) is 6.42 Å². The monoisotopic (exact) mass is 361 g/mol. The summed E-state index contributed by atoms with van der Waals surface area (Å²) < 4.78 is 26.3. The third-order valence-electron chi connectivity index (χ3n) is 4.01. The fraction of sp³-hybridized carbons (Fsp3) is 0.211. The van der Waals surface area contributed by atoms with Crippen LogP contribution in [0.4, 0.5) is 8.78 Å². The molecule has 1 amide bonds. The van der Waals surface area contributed by atoms with Gasteiger partial charge in [0.25, 0.3) is 0 Å². The summed E-state index contributed by atoms with van der Waals surface area (Å²) in [6.45, 7) is 0. The first kappa shape index (κ1) is 19.2. The van der Waals surface area contributed by atoms with Crippen molar-refractivity contribution in [1.82, 2.24) is 4.90 Å². The number of Topliss-reactive ketones (excluding diaryl/α,β-unsaturated/α-hetero) is 1. The van der Waals surface area contributed by atoms with Crippen molar-refractivity contribution in [3.63, 3.8) is 0 Å². The quantitative estimate of drug-likeness (QED) is 0.608. The molecule has 0 fully saturated rings. The van der Waals surface area contributed by atoms with Gasteiger partial charge in [-0.15, -0.1) is 0 Å². The molecule has 0 aromatic heterocycles. The minimum Gasteiger partial charge on any atom is -0.475 e. The molecule has 136 valence electrons. The highest BCUT2D eigenvalue weighted by atomic mass is 19.1. The van der Waals surface area contributed by atoms with E-state index in [1.54, 1.807) is 12.1 Å². The number of halogens is 2. The van der Waals surface area contributed by atoms with E-state index in [0.717, 1.165) is 5.56 Å². The Morgan fingerprint density at radius 3 is 1.96 bits per heavy atom. The Labute approximate surface area is 148 Å². The van der Waals surface area contributed by atoms with E-state index < -0.39 is 41.8 Å². The van der Waals surface area contributed by atoms with Crippen LogP contribution in [0.3, 0.4) is 0 Å². The molecule has 1 unspecified atom stereocenters. The van der Waals surface area contributed by atoms with Gasteiger partial charge in [-0.1, -0.05) is 24.3 Å². The van der Waals surface area contributed by atoms with Crippen LogP contribution in [0.25, 0.3) is 0 Å². The molecular formula is C19H17F2NO4. The summed E-state index contributed by atoms with van der Waals surface area (Å²) in [5.41, 5.74) is 1.33. The largest absolute Gasteiger partial charge is 0.475 e. The molecule has 1 atom stereocenters. The fourth-order valence-corrected chi connectivity index (χ4v) is 2.52. The first-order valence-electron chi connectivity index (χ1n) is 7.79. The van der Waals surface area contributed by atoms with Gasteiger partial charge in [0.05, 0.1) is 12.5 Å². The van der Waals surface area contributed by atoms with Crippen LogP contribution < -0.4 is 0 Å². The summed E-state index contributed by atoms with van der Waals surface area (Å²) in [5, 5.41) is 8.66. The molecule has 0 heterocycles. The van der Waals surface area contributed by atoms with Crippen LogP contribution in [0.1, 0.15) is 23.6 Å². The van der Waals surface area contributed by atoms with Crippen molar-refractivity contribution in [3.05, 3.63) is 71.3 Å². The third kappa shape index (κ3) is 4.95. The fourth-order valence-electron chi connectivity index (χ4n) is 2.52. The average molecular weight is 361 g/mol. The van der Waals surface area contributed by atoms with Crippen LogP contribution in [0.15, 0.2) is 48.5 Å². The lowest BCUT2D eigenvalue weighted by Crippen LogP contribution is -2.35. The molecule has 0 radical (unpaired) electrons. The number of hydrogen-bond acceptors (Lipinski definition) is 3. The Morgan fingerprint density at radius 2 is 1.46 bits per heavy atom. The zero-order chi connectivity index (χ0) is 19.3. The molecule has 2 aromatic rings. The number of aliphatic carboxylic acids is 1. The molecular weight excluding hydrogens is 344 g/mol. The van der Waals surface area contributed by atoms with Gasteiger partial charge in [-0.2, -0.15) is 0 Å². The molecule has 26 heavy (non-hydrogen) atoms. The Morgan fingerprint density at radius 1 is 0.962 bits per heavy atom. The topological polar surface area (TPSA) is 74.7 Å². The smallest absolute Gasteiger partial charge is 0.372 e. The first-order chi connectivity index (χ1) is 12.3. The minimum absolute atomic E-state index is 0.287. The van der Waals surface area contributed by atoms with E-state index in [1.807, 2.05) is 0 Å². The van der Waals surface area contributed by atoms with Crippen molar-refractivity contribution >= 4 is 17.7 Å². The van der Waals surface area contributed by atoms with Gasteiger partial charge >= 0.3 is 5.97 Å². The molecule has 2 aromatic carbocycles. The van der Waals surface area contributed by atoms with Gasteiger partial charge in [-0.25, -0.2) is 13.6 Å². The molecule has 0 saturated heterocycles. The number of ketones is 1. The number of carboxylic acids is 1. The second kappa shape index (κ2) is 8.33.